The summed E-state index contributed by atoms with van der Waals surface area (Å²) in [4.78, 5) is 18.2. The molecule has 0 spiro atoms. The predicted octanol–water partition coefficient (Wildman–Crippen LogP) is 3.77. The molecule has 2 aromatic carbocycles. The highest BCUT2D eigenvalue weighted by Gasteiger charge is 2.34. The van der Waals surface area contributed by atoms with E-state index in [-0.39, 0.29) is 48.1 Å². The van der Waals surface area contributed by atoms with Gasteiger partial charge in [0.1, 0.15) is 17.9 Å². The molecule has 31 heavy (non-hydrogen) atoms. The van der Waals surface area contributed by atoms with Crippen molar-refractivity contribution >= 4 is 35.8 Å². The third-order valence-corrected chi connectivity index (χ3v) is 5.11. The Bertz CT molecular complexity index is 884. The Kier molecular flexibility index (Phi) is 9.15. The van der Waals surface area contributed by atoms with Crippen molar-refractivity contribution in [2.75, 3.05) is 27.2 Å². The summed E-state index contributed by atoms with van der Waals surface area (Å²) >= 11 is 0. The average Bonchev–Trinajstić information content (AvgIpc) is 2.71. The first-order valence-electron chi connectivity index (χ1n) is 10.4. The number of amides is 1. The van der Waals surface area contributed by atoms with Crippen molar-refractivity contribution in [3.63, 3.8) is 0 Å². The lowest BCUT2D eigenvalue weighted by atomic mass is 9.90. The molecular formula is C24H33IN4O2. The Hall–Kier alpha value is -2.29. The smallest absolute Gasteiger partial charge is 0.243 e. The molecule has 1 unspecified atom stereocenters. The summed E-state index contributed by atoms with van der Waals surface area (Å²) in [5.41, 5.74) is 2.07. The molecule has 0 radical (unpaired) electrons. The monoisotopic (exact) mass is 536 g/mol. The van der Waals surface area contributed by atoms with Gasteiger partial charge < -0.3 is 20.3 Å². The molecule has 0 saturated carbocycles. The maximum absolute atomic E-state index is 12.1. The fourth-order valence-electron chi connectivity index (χ4n) is 3.51. The van der Waals surface area contributed by atoms with Crippen LogP contribution in [0.2, 0.25) is 0 Å². The number of hydrogen-bond acceptors (Lipinski definition) is 3. The van der Waals surface area contributed by atoms with E-state index in [1.807, 2.05) is 36.4 Å². The Morgan fingerprint density at radius 2 is 1.81 bits per heavy atom. The van der Waals surface area contributed by atoms with Crippen LogP contribution in [-0.2, 0) is 11.2 Å². The van der Waals surface area contributed by atoms with E-state index < -0.39 is 0 Å². The molecule has 0 bridgehead atoms. The van der Waals surface area contributed by atoms with Crippen LogP contribution in [0.4, 0.5) is 0 Å². The molecule has 1 aliphatic heterocycles. The minimum absolute atomic E-state index is 0. The van der Waals surface area contributed by atoms with Crippen molar-refractivity contribution in [1.29, 1.82) is 0 Å². The van der Waals surface area contributed by atoms with Crippen LogP contribution in [0.1, 0.15) is 37.4 Å². The van der Waals surface area contributed by atoms with Crippen LogP contribution >= 0.6 is 24.0 Å². The molecule has 1 aliphatic rings. The number of nitrogens with one attached hydrogen (secondary N) is 2. The Labute approximate surface area is 202 Å². The Morgan fingerprint density at radius 3 is 2.52 bits per heavy atom. The van der Waals surface area contributed by atoms with Crippen molar-refractivity contribution in [1.82, 2.24) is 15.5 Å². The number of halogens is 1. The van der Waals surface area contributed by atoms with E-state index in [0.29, 0.717) is 5.96 Å². The number of likely N-dealkylation sites (N-methyl/N-ethyl adjacent to an activating group) is 1. The number of aliphatic imine (C=N–C) groups is 1. The lowest BCUT2D eigenvalue weighted by Crippen LogP contribution is -2.46. The van der Waals surface area contributed by atoms with E-state index >= 15 is 0 Å². The number of fused-ring (bicyclic) bond motifs is 1. The van der Waals surface area contributed by atoms with Gasteiger partial charge >= 0.3 is 0 Å². The maximum Gasteiger partial charge on any atom is 0.243 e. The quantitative estimate of drug-likeness (QED) is 0.335. The standard InChI is InChI=1S/C24H32N4O2.HI/c1-24(2)16-20(19-12-8-9-13-21(19)30-24)27-23(26-17-22(29)28(3)4)25-15-14-18-10-6-5-7-11-18;/h5-13,20H,14-17H2,1-4H3,(H2,25,26,27);1H. The molecule has 1 heterocycles. The molecule has 3 rings (SSSR count). The SMILES string of the molecule is CN(C)C(=O)CN=C(NCCc1ccccc1)NC1CC(C)(C)Oc2ccccc21.I. The van der Waals surface area contributed by atoms with Crippen LogP contribution in [0, 0.1) is 0 Å². The van der Waals surface area contributed by atoms with E-state index in [9.17, 15) is 4.79 Å². The third-order valence-electron chi connectivity index (χ3n) is 5.11. The number of nitrogens with zero attached hydrogens (tertiary/aromatic N) is 2. The molecule has 2 N–H and O–H groups in total. The summed E-state index contributed by atoms with van der Waals surface area (Å²) in [6, 6.07) is 18.4. The van der Waals surface area contributed by atoms with Crippen molar-refractivity contribution in [2.24, 2.45) is 4.99 Å². The Balaban J connectivity index is 0.00000341. The minimum atomic E-state index is -0.291. The van der Waals surface area contributed by atoms with Gasteiger partial charge in [-0.15, -0.1) is 24.0 Å². The first-order valence-corrected chi connectivity index (χ1v) is 10.4. The zero-order chi connectivity index (χ0) is 21.6. The van der Waals surface area contributed by atoms with Crippen molar-refractivity contribution in [2.45, 2.75) is 38.3 Å². The van der Waals surface area contributed by atoms with Crippen LogP contribution in [0.3, 0.4) is 0 Å². The zero-order valence-corrected chi connectivity index (χ0v) is 21.1. The molecule has 0 fully saturated rings. The second kappa shape index (κ2) is 11.4. The molecule has 2 aromatic rings. The van der Waals surface area contributed by atoms with E-state index in [2.05, 4.69) is 47.7 Å². The van der Waals surface area contributed by atoms with E-state index in [4.69, 9.17) is 4.74 Å². The normalized spacial score (nSPS) is 16.9. The maximum atomic E-state index is 12.1. The van der Waals surface area contributed by atoms with Gasteiger partial charge in [0.25, 0.3) is 0 Å². The fourth-order valence-corrected chi connectivity index (χ4v) is 3.51. The first kappa shape index (κ1) is 25.0. The topological polar surface area (TPSA) is 66.0 Å². The summed E-state index contributed by atoms with van der Waals surface area (Å²) < 4.78 is 6.14. The molecule has 168 valence electrons. The molecular weight excluding hydrogens is 503 g/mol. The van der Waals surface area contributed by atoms with Crippen molar-refractivity contribution in [3.8, 4) is 5.75 Å². The van der Waals surface area contributed by atoms with Gasteiger partial charge in [-0.1, -0.05) is 48.5 Å². The molecule has 1 atom stereocenters. The molecule has 0 saturated heterocycles. The number of carbonyl (C=O) groups excluding carboxylic acids is 1. The predicted molar refractivity (Wildman–Crippen MR) is 136 cm³/mol. The highest BCUT2D eigenvalue weighted by atomic mass is 127. The second-order valence-corrected chi connectivity index (χ2v) is 8.42. The average molecular weight is 536 g/mol. The number of rotatable bonds is 6. The summed E-state index contributed by atoms with van der Waals surface area (Å²) in [5.74, 6) is 1.49. The van der Waals surface area contributed by atoms with E-state index in [1.165, 1.54) is 5.56 Å². The Morgan fingerprint density at radius 1 is 1.13 bits per heavy atom. The fraction of sp³-hybridized carbons (Fsp3) is 0.417. The number of ether oxygens (including phenoxy) is 1. The second-order valence-electron chi connectivity index (χ2n) is 8.42. The van der Waals surface area contributed by atoms with Crippen LogP contribution in [-0.4, -0.2) is 49.6 Å². The minimum Gasteiger partial charge on any atom is -0.487 e. The largest absolute Gasteiger partial charge is 0.487 e. The number of guanidine groups is 1. The lowest BCUT2D eigenvalue weighted by molar-refractivity contribution is -0.127. The molecule has 7 heteroatoms. The van der Waals surface area contributed by atoms with Gasteiger partial charge in [0, 0.05) is 32.6 Å². The molecule has 0 aliphatic carbocycles. The van der Waals surface area contributed by atoms with Gasteiger partial charge in [-0.05, 0) is 31.9 Å². The van der Waals surface area contributed by atoms with E-state index in [1.54, 1.807) is 19.0 Å². The van der Waals surface area contributed by atoms with Crippen molar-refractivity contribution < 1.29 is 9.53 Å². The summed E-state index contributed by atoms with van der Waals surface area (Å²) in [7, 11) is 3.48. The van der Waals surface area contributed by atoms with Gasteiger partial charge in [0.15, 0.2) is 5.96 Å². The van der Waals surface area contributed by atoms with Gasteiger partial charge in [0.05, 0.1) is 6.04 Å². The molecule has 1 amide bonds. The number of benzene rings is 2. The lowest BCUT2D eigenvalue weighted by Gasteiger charge is -2.38. The highest BCUT2D eigenvalue weighted by molar-refractivity contribution is 14.0. The number of carbonyl (C=O) groups is 1. The number of hydrogen-bond donors (Lipinski definition) is 2. The van der Waals surface area contributed by atoms with Crippen LogP contribution < -0.4 is 15.4 Å². The summed E-state index contributed by atoms with van der Waals surface area (Å²) in [6.45, 7) is 5.00. The third kappa shape index (κ3) is 7.41. The van der Waals surface area contributed by atoms with Crippen LogP contribution in [0.25, 0.3) is 0 Å². The van der Waals surface area contributed by atoms with Gasteiger partial charge in [-0.25, -0.2) is 4.99 Å². The van der Waals surface area contributed by atoms with Crippen LogP contribution in [0.5, 0.6) is 5.75 Å². The molecule has 0 aromatic heterocycles. The van der Waals surface area contributed by atoms with Crippen LogP contribution in [0.15, 0.2) is 59.6 Å². The summed E-state index contributed by atoms with van der Waals surface area (Å²) in [6.07, 6.45) is 1.67. The summed E-state index contributed by atoms with van der Waals surface area (Å²) in [5, 5.41) is 6.93. The highest BCUT2D eigenvalue weighted by Crippen LogP contribution is 2.39. The van der Waals surface area contributed by atoms with Gasteiger partial charge in [-0.3, -0.25) is 4.79 Å². The number of para-hydroxylation sites is 1. The van der Waals surface area contributed by atoms with Gasteiger partial charge in [-0.2, -0.15) is 0 Å². The van der Waals surface area contributed by atoms with E-state index in [0.717, 1.165) is 30.7 Å². The van der Waals surface area contributed by atoms with Gasteiger partial charge in [0.2, 0.25) is 5.91 Å². The first-order chi connectivity index (χ1) is 14.3. The van der Waals surface area contributed by atoms with Crippen molar-refractivity contribution in [3.05, 3.63) is 65.7 Å². The molecule has 6 nitrogen and oxygen atoms in total. The zero-order valence-electron chi connectivity index (χ0n) is 18.7.